The lowest BCUT2D eigenvalue weighted by molar-refractivity contribution is 0.332. The Labute approximate surface area is 171 Å². The molecule has 1 N–H and O–H groups in total. The summed E-state index contributed by atoms with van der Waals surface area (Å²) in [6.07, 6.45) is 0.572. The topological polar surface area (TPSA) is 67.9 Å². The van der Waals surface area contributed by atoms with Crippen LogP contribution < -0.4 is 14.8 Å². The van der Waals surface area contributed by atoms with E-state index < -0.39 is 9.84 Å². The predicted molar refractivity (Wildman–Crippen MR) is 115 cm³/mol. The minimum absolute atomic E-state index is 0.119. The molecule has 0 aromatic heterocycles. The third-order valence-corrected chi connectivity index (χ3v) is 6.85. The fourth-order valence-electron chi connectivity index (χ4n) is 3.19. The molecule has 150 valence electrons. The molecule has 2 aromatic carbocycles. The first-order valence-corrected chi connectivity index (χ1v) is 11.2. The minimum Gasteiger partial charge on any atom is -0.497 e. The van der Waals surface area contributed by atoms with Crippen molar-refractivity contribution in [3.8, 4) is 11.5 Å². The zero-order valence-corrected chi connectivity index (χ0v) is 17.6. The van der Waals surface area contributed by atoms with Crippen LogP contribution in [0.1, 0.15) is 12.0 Å². The Morgan fingerprint density at radius 3 is 2.14 bits per heavy atom. The van der Waals surface area contributed by atoms with E-state index in [9.17, 15) is 8.42 Å². The van der Waals surface area contributed by atoms with Gasteiger partial charge in [0, 0.05) is 18.3 Å². The molecule has 1 heterocycles. The van der Waals surface area contributed by atoms with Gasteiger partial charge in [-0.25, -0.2) is 8.42 Å². The molecule has 1 saturated heterocycles. The highest BCUT2D eigenvalue weighted by Crippen LogP contribution is 2.23. The van der Waals surface area contributed by atoms with E-state index >= 15 is 0 Å². The van der Waals surface area contributed by atoms with Gasteiger partial charge in [-0.05, 0) is 60.6 Å². The number of anilines is 1. The van der Waals surface area contributed by atoms with Crippen molar-refractivity contribution in [2.45, 2.75) is 19.0 Å². The number of ether oxygens (including phenoxy) is 2. The van der Waals surface area contributed by atoms with Crippen molar-refractivity contribution in [3.63, 3.8) is 0 Å². The third-order valence-electron chi connectivity index (χ3n) is 4.76. The maximum atomic E-state index is 12.0. The Morgan fingerprint density at radius 1 is 1.07 bits per heavy atom. The molecule has 0 radical (unpaired) electrons. The SMILES string of the molecule is COc1ccc(CN(C(=S)Nc2ccc(OC)cc2)[C@H]2CCS(=O)(=O)C2)cc1. The maximum Gasteiger partial charge on any atom is 0.174 e. The van der Waals surface area contributed by atoms with Crippen LogP contribution in [0.3, 0.4) is 0 Å². The van der Waals surface area contributed by atoms with Crippen molar-refractivity contribution >= 4 is 32.9 Å². The van der Waals surface area contributed by atoms with Crippen LogP contribution in [-0.2, 0) is 16.4 Å². The zero-order valence-electron chi connectivity index (χ0n) is 15.9. The Hall–Kier alpha value is -2.32. The van der Waals surface area contributed by atoms with Gasteiger partial charge in [0.2, 0.25) is 0 Å². The first-order chi connectivity index (χ1) is 13.4. The van der Waals surface area contributed by atoms with Crippen LogP contribution in [0.25, 0.3) is 0 Å². The molecular formula is C20H24N2O4S2. The highest BCUT2D eigenvalue weighted by molar-refractivity contribution is 7.91. The highest BCUT2D eigenvalue weighted by Gasteiger charge is 2.33. The minimum atomic E-state index is -3.02. The summed E-state index contributed by atoms with van der Waals surface area (Å²) < 4.78 is 34.4. The van der Waals surface area contributed by atoms with Crippen molar-refractivity contribution in [2.75, 3.05) is 31.0 Å². The smallest absolute Gasteiger partial charge is 0.174 e. The lowest BCUT2D eigenvalue weighted by Crippen LogP contribution is -2.42. The van der Waals surface area contributed by atoms with Gasteiger partial charge < -0.3 is 19.7 Å². The monoisotopic (exact) mass is 420 g/mol. The molecule has 0 saturated carbocycles. The van der Waals surface area contributed by atoms with E-state index in [-0.39, 0.29) is 17.5 Å². The molecule has 1 fully saturated rings. The predicted octanol–water partition coefficient (Wildman–Crippen LogP) is 3.09. The van der Waals surface area contributed by atoms with Gasteiger partial charge in [0.1, 0.15) is 11.5 Å². The van der Waals surface area contributed by atoms with Crippen LogP contribution in [0, 0.1) is 0 Å². The van der Waals surface area contributed by atoms with Gasteiger partial charge in [0.25, 0.3) is 0 Å². The molecule has 0 spiro atoms. The van der Waals surface area contributed by atoms with E-state index in [1.807, 2.05) is 53.4 Å². The fraction of sp³-hybridized carbons (Fsp3) is 0.350. The average molecular weight is 421 g/mol. The van der Waals surface area contributed by atoms with Gasteiger partial charge in [0.15, 0.2) is 14.9 Å². The second-order valence-corrected chi connectivity index (χ2v) is 9.31. The lowest BCUT2D eigenvalue weighted by atomic mass is 10.1. The Kier molecular flexibility index (Phi) is 6.41. The molecule has 0 unspecified atom stereocenters. The Bertz CT molecular complexity index is 912. The molecule has 0 amide bonds. The molecule has 1 aliphatic rings. The number of benzene rings is 2. The summed E-state index contributed by atoms with van der Waals surface area (Å²) in [6, 6.07) is 15.0. The standard InChI is InChI=1S/C20H24N2O4S2/c1-25-18-7-3-15(4-8-18)13-22(17-11-12-28(23,24)14-17)20(27)21-16-5-9-19(26-2)10-6-16/h3-10,17H,11-14H2,1-2H3,(H,21,27)/t17-/m0/s1. The molecule has 2 aromatic rings. The zero-order chi connectivity index (χ0) is 20.1. The largest absolute Gasteiger partial charge is 0.497 e. The number of hydrogen-bond acceptors (Lipinski definition) is 5. The van der Waals surface area contributed by atoms with Crippen molar-refractivity contribution in [2.24, 2.45) is 0 Å². The Morgan fingerprint density at radius 2 is 1.64 bits per heavy atom. The molecule has 0 bridgehead atoms. The Balaban J connectivity index is 1.78. The number of thiocarbonyl (C=S) groups is 1. The van der Waals surface area contributed by atoms with E-state index in [0.717, 1.165) is 22.7 Å². The molecule has 28 heavy (non-hydrogen) atoms. The third kappa shape index (κ3) is 5.14. The quantitative estimate of drug-likeness (QED) is 0.720. The number of nitrogens with zero attached hydrogens (tertiary/aromatic N) is 1. The van der Waals surface area contributed by atoms with Crippen LogP contribution in [0.2, 0.25) is 0 Å². The van der Waals surface area contributed by atoms with Gasteiger partial charge in [-0.15, -0.1) is 0 Å². The lowest BCUT2D eigenvalue weighted by Gasteiger charge is -2.31. The summed E-state index contributed by atoms with van der Waals surface area (Å²) in [5.41, 5.74) is 1.86. The first kappa shape index (κ1) is 20.4. The van der Waals surface area contributed by atoms with Gasteiger partial charge >= 0.3 is 0 Å². The van der Waals surface area contributed by atoms with Gasteiger partial charge in [-0.3, -0.25) is 0 Å². The highest BCUT2D eigenvalue weighted by atomic mass is 32.2. The van der Waals surface area contributed by atoms with Crippen molar-refractivity contribution in [3.05, 3.63) is 54.1 Å². The number of rotatable bonds is 6. The van der Waals surface area contributed by atoms with Crippen LogP contribution in [0.5, 0.6) is 11.5 Å². The molecule has 1 atom stereocenters. The van der Waals surface area contributed by atoms with Crippen molar-refractivity contribution in [1.82, 2.24) is 4.90 Å². The molecule has 8 heteroatoms. The maximum absolute atomic E-state index is 12.0. The number of methoxy groups -OCH3 is 2. The van der Waals surface area contributed by atoms with Crippen LogP contribution >= 0.6 is 12.2 Å². The fourth-order valence-corrected chi connectivity index (χ4v) is 5.25. The van der Waals surface area contributed by atoms with Gasteiger partial charge in [-0.1, -0.05) is 12.1 Å². The number of hydrogen-bond donors (Lipinski definition) is 1. The first-order valence-electron chi connectivity index (χ1n) is 8.95. The summed E-state index contributed by atoms with van der Waals surface area (Å²) in [7, 11) is 0.214. The van der Waals surface area contributed by atoms with E-state index in [1.165, 1.54) is 0 Å². The average Bonchev–Trinajstić information content (AvgIpc) is 3.06. The van der Waals surface area contributed by atoms with E-state index in [2.05, 4.69) is 5.32 Å². The molecule has 1 aliphatic heterocycles. The van der Waals surface area contributed by atoms with Gasteiger partial charge in [0.05, 0.1) is 25.7 Å². The van der Waals surface area contributed by atoms with Gasteiger partial charge in [-0.2, -0.15) is 0 Å². The molecule has 3 rings (SSSR count). The van der Waals surface area contributed by atoms with E-state index in [1.54, 1.807) is 14.2 Å². The second-order valence-electron chi connectivity index (χ2n) is 6.69. The molecule has 0 aliphatic carbocycles. The number of nitrogens with one attached hydrogen (secondary N) is 1. The van der Waals surface area contributed by atoms with Crippen LogP contribution in [0.15, 0.2) is 48.5 Å². The molecule has 6 nitrogen and oxygen atoms in total. The van der Waals surface area contributed by atoms with Crippen LogP contribution in [-0.4, -0.2) is 50.2 Å². The normalized spacial score (nSPS) is 17.7. The number of sulfone groups is 1. The summed E-state index contributed by atoms with van der Waals surface area (Å²) >= 11 is 5.64. The van der Waals surface area contributed by atoms with Crippen molar-refractivity contribution in [1.29, 1.82) is 0 Å². The summed E-state index contributed by atoms with van der Waals surface area (Å²) in [4.78, 5) is 1.96. The van der Waals surface area contributed by atoms with E-state index in [4.69, 9.17) is 21.7 Å². The van der Waals surface area contributed by atoms with E-state index in [0.29, 0.717) is 18.1 Å². The summed E-state index contributed by atoms with van der Waals surface area (Å²) in [5.74, 6) is 1.85. The summed E-state index contributed by atoms with van der Waals surface area (Å²) in [5, 5.41) is 3.73. The van der Waals surface area contributed by atoms with Crippen molar-refractivity contribution < 1.29 is 17.9 Å². The van der Waals surface area contributed by atoms with Crippen LogP contribution in [0.4, 0.5) is 5.69 Å². The summed E-state index contributed by atoms with van der Waals surface area (Å²) in [6.45, 7) is 0.520. The second kappa shape index (κ2) is 8.79. The molecular weight excluding hydrogens is 396 g/mol.